The molecular weight excluding hydrogens is 286 g/mol. The second-order valence-corrected chi connectivity index (χ2v) is 5.19. The lowest BCUT2D eigenvalue weighted by Crippen LogP contribution is -2.05. The Balaban J connectivity index is 1.93. The summed E-state index contributed by atoms with van der Waals surface area (Å²) in [5.41, 5.74) is 3.00. The lowest BCUT2D eigenvalue weighted by Gasteiger charge is -1.99. The van der Waals surface area contributed by atoms with Crippen molar-refractivity contribution in [3.8, 4) is 0 Å². The maximum atomic E-state index is 11.9. The monoisotopic (exact) mass is 297 g/mol. The van der Waals surface area contributed by atoms with Crippen LogP contribution in [0.25, 0.3) is 6.08 Å². The maximum Gasteiger partial charge on any atom is 0.363 e. The minimum atomic E-state index is -0.453. The Kier molecular flexibility index (Phi) is 3.59. The van der Waals surface area contributed by atoms with Crippen LogP contribution in [0, 0.1) is 6.92 Å². The maximum absolute atomic E-state index is 11.9. The van der Waals surface area contributed by atoms with Crippen LogP contribution in [0.4, 0.5) is 0 Å². The number of carbonyl (C=O) groups excluding carboxylic acids is 1. The van der Waals surface area contributed by atoms with Crippen LogP contribution in [0.2, 0.25) is 5.02 Å². The van der Waals surface area contributed by atoms with Gasteiger partial charge in [-0.2, -0.15) is 0 Å². The minimum Gasteiger partial charge on any atom is -0.402 e. The molecule has 21 heavy (non-hydrogen) atoms. The van der Waals surface area contributed by atoms with Gasteiger partial charge in [0.15, 0.2) is 5.70 Å². The summed E-state index contributed by atoms with van der Waals surface area (Å²) < 4.78 is 5.21. The number of hydrogen-bond acceptors (Lipinski definition) is 3. The van der Waals surface area contributed by atoms with Crippen molar-refractivity contribution in [2.45, 2.75) is 6.92 Å². The molecule has 0 fully saturated rings. The van der Waals surface area contributed by atoms with Crippen molar-refractivity contribution in [2.75, 3.05) is 0 Å². The molecule has 0 N–H and O–H groups in total. The second kappa shape index (κ2) is 5.54. The van der Waals surface area contributed by atoms with Crippen LogP contribution in [-0.4, -0.2) is 11.9 Å². The van der Waals surface area contributed by atoms with Gasteiger partial charge in [-0.1, -0.05) is 41.4 Å². The number of esters is 1. The van der Waals surface area contributed by atoms with Crippen molar-refractivity contribution in [3.05, 3.63) is 75.9 Å². The Hall–Kier alpha value is -2.39. The number of hydrogen-bond donors (Lipinski definition) is 0. The van der Waals surface area contributed by atoms with Gasteiger partial charge in [0.05, 0.1) is 0 Å². The highest BCUT2D eigenvalue weighted by atomic mass is 35.5. The van der Waals surface area contributed by atoms with Gasteiger partial charge in [0, 0.05) is 10.6 Å². The van der Waals surface area contributed by atoms with Crippen molar-refractivity contribution < 1.29 is 9.53 Å². The van der Waals surface area contributed by atoms with E-state index in [4.69, 9.17) is 16.3 Å². The highest BCUT2D eigenvalue weighted by Gasteiger charge is 2.23. The van der Waals surface area contributed by atoms with Crippen molar-refractivity contribution in [1.29, 1.82) is 0 Å². The molecule has 3 nitrogen and oxygen atoms in total. The molecule has 4 heteroatoms. The topological polar surface area (TPSA) is 38.7 Å². The van der Waals surface area contributed by atoms with E-state index in [1.54, 1.807) is 18.2 Å². The zero-order valence-electron chi connectivity index (χ0n) is 11.3. The predicted molar refractivity (Wildman–Crippen MR) is 83.2 cm³/mol. The SMILES string of the molecule is Cc1ccc(C2=NC(=Cc3cccc(Cl)c3)C(=O)O2)cc1. The van der Waals surface area contributed by atoms with E-state index in [0.717, 1.165) is 16.7 Å². The molecule has 0 spiro atoms. The number of aryl methyl sites for hydroxylation is 1. The van der Waals surface area contributed by atoms with Crippen LogP contribution < -0.4 is 0 Å². The smallest absolute Gasteiger partial charge is 0.363 e. The van der Waals surface area contributed by atoms with E-state index < -0.39 is 5.97 Å². The van der Waals surface area contributed by atoms with E-state index in [-0.39, 0.29) is 5.70 Å². The highest BCUT2D eigenvalue weighted by Crippen LogP contribution is 2.20. The van der Waals surface area contributed by atoms with Crippen molar-refractivity contribution >= 4 is 29.5 Å². The molecule has 3 rings (SSSR count). The van der Waals surface area contributed by atoms with Crippen LogP contribution >= 0.6 is 11.6 Å². The molecule has 0 saturated carbocycles. The molecule has 2 aromatic carbocycles. The number of carbonyl (C=O) groups is 1. The zero-order chi connectivity index (χ0) is 14.8. The first-order valence-corrected chi connectivity index (χ1v) is 6.85. The zero-order valence-corrected chi connectivity index (χ0v) is 12.1. The van der Waals surface area contributed by atoms with Crippen LogP contribution in [0.5, 0.6) is 0 Å². The number of nitrogens with zero attached hydrogens (tertiary/aromatic N) is 1. The summed E-state index contributed by atoms with van der Waals surface area (Å²) in [6.07, 6.45) is 1.66. The van der Waals surface area contributed by atoms with Gasteiger partial charge in [-0.05, 0) is 42.8 Å². The standard InChI is InChI=1S/C17H12ClNO2/c1-11-5-7-13(8-6-11)16-19-15(17(20)21-16)10-12-3-2-4-14(18)9-12/h2-10H,1H3. The summed E-state index contributed by atoms with van der Waals surface area (Å²) in [6.45, 7) is 2.00. The van der Waals surface area contributed by atoms with Gasteiger partial charge in [0.25, 0.3) is 0 Å². The second-order valence-electron chi connectivity index (χ2n) is 4.76. The molecule has 104 valence electrons. The Morgan fingerprint density at radius 3 is 2.62 bits per heavy atom. The first-order chi connectivity index (χ1) is 10.1. The van der Waals surface area contributed by atoms with Gasteiger partial charge in [0.1, 0.15) is 0 Å². The molecule has 0 amide bonds. The molecule has 0 saturated heterocycles. The third kappa shape index (κ3) is 3.03. The Morgan fingerprint density at radius 1 is 1.14 bits per heavy atom. The summed E-state index contributed by atoms with van der Waals surface area (Å²) in [5, 5.41) is 0.610. The summed E-state index contributed by atoms with van der Waals surface area (Å²) in [4.78, 5) is 16.1. The van der Waals surface area contributed by atoms with E-state index in [1.807, 2.05) is 43.3 Å². The first-order valence-electron chi connectivity index (χ1n) is 6.47. The molecule has 0 bridgehead atoms. The largest absolute Gasteiger partial charge is 0.402 e. The van der Waals surface area contributed by atoms with E-state index in [2.05, 4.69) is 4.99 Å². The number of ether oxygens (including phenoxy) is 1. The van der Waals surface area contributed by atoms with Gasteiger partial charge in [-0.25, -0.2) is 9.79 Å². The molecule has 1 aliphatic heterocycles. The summed E-state index contributed by atoms with van der Waals surface area (Å²) >= 11 is 5.92. The fourth-order valence-corrected chi connectivity index (χ4v) is 2.18. The van der Waals surface area contributed by atoms with Gasteiger partial charge >= 0.3 is 5.97 Å². The van der Waals surface area contributed by atoms with E-state index >= 15 is 0 Å². The summed E-state index contributed by atoms with van der Waals surface area (Å²) in [7, 11) is 0. The first kappa shape index (κ1) is 13.6. The number of halogens is 1. The molecule has 0 radical (unpaired) electrons. The molecule has 0 aliphatic carbocycles. The van der Waals surface area contributed by atoms with Gasteiger partial charge in [0.2, 0.25) is 5.90 Å². The lowest BCUT2D eigenvalue weighted by atomic mass is 10.1. The normalized spacial score (nSPS) is 16.0. The third-order valence-corrected chi connectivity index (χ3v) is 3.31. The minimum absolute atomic E-state index is 0.271. The van der Waals surface area contributed by atoms with Gasteiger partial charge in [-0.3, -0.25) is 0 Å². The number of benzene rings is 2. The van der Waals surface area contributed by atoms with Crippen molar-refractivity contribution in [1.82, 2.24) is 0 Å². The molecule has 1 aliphatic rings. The molecule has 2 aromatic rings. The average molecular weight is 298 g/mol. The lowest BCUT2D eigenvalue weighted by molar-refractivity contribution is -0.129. The predicted octanol–water partition coefficient (Wildman–Crippen LogP) is 3.99. The van der Waals surface area contributed by atoms with Crippen LogP contribution in [0.15, 0.2) is 59.2 Å². The van der Waals surface area contributed by atoms with E-state index in [1.165, 1.54) is 0 Å². The third-order valence-electron chi connectivity index (χ3n) is 3.07. The van der Waals surface area contributed by atoms with Crippen LogP contribution in [0.3, 0.4) is 0 Å². The highest BCUT2D eigenvalue weighted by molar-refractivity contribution is 6.30. The van der Waals surface area contributed by atoms with Gasteiger partial charge < -0.3 is 4.74 Å². The fraction of sp³-hybridized carbons (Fsp3) is 0.0588. The molecular formula is C17H12ClNO2. The Morgan fingerprint density at radius 2 is 1.90 bits per heavy atom. The number of rotatable bonds is 2. The molecule has 0 unspecified atom stereocenters. The molecule has 0 aromatic heterocycles. The van der Waals surface area contributed by atoms with Crippen LogP contribution in [0.1, 0.15) is 16.7 Å². The quantitative estimate of drug-likeness (QED) is 0.621. The molecule has 0 atom stereocenters. The number of cyclic esters (lactones) is 1. The van der Waals surface area contributed by atoms with Crippen LogP contribution in [-0.2, 0) is 9.53 Å². The van der Waals surface area contributed by atoms with E-state index in [9.17, 15) is 4.79 Å². The number of aliphatic imine (C=N–C) groups is 1. The average Bonchev–Trinajstić information content (AvgIpc) is 2.81. The van der Waals surface area contributed by atoms with Crippen molar-refractivity contribution in [2.24, 2.45) is 4.99 Å². The van der Waals surface area contributed by atoms with Crippen molar-refractivity contribution in [3.63, 3.8) is 0 Å². The fourth-order valence-electron chi connectivity index (χ4n) is 1.98. The van der Waals surface area contributed by atoms with Gasteiger partial charge in [-0.15, -0.1) is 0 Å². The summed E-state index contributed by atoms with van der Waals surface area (Å²) in [5.74, 6) is -0.126. The Bertz CT molecular complexity index is 761. The Labute approximate surface area is 127 Å². The molecule has 1 heterocycles. The summed E-state index contributed by atoms with van der Waals surface area (Å²) in [6, 6.07) is 14.9. The van der Waals surface area contributed by atoms with E-state index in [0.29, 0.717) is 10.9 Å².